The number of aliphatic carboxylic acids is 1. The van der Waals surface area contributed by atoms with Crippen LogP contribution in [-0.2, 0) is 9.53 Å². The largest absolute Gasteiger partial charge is 0.479 e. The van der Waals surface area contributed by atoms with Crippen LogP contribution in [0, 0.1) is 5.92 Å². The van der Waals surface area contributed by atoms with Crippen molar-refractivity contribution < 1.29 is 19.4 Å². The molecule has 0 aromatic heterocycles. The van der Waals surface area contributed by atoms with E-state index in [1.165, 1.54) is 0 Å². The highest BCUT2D eigenvalue weighted by Crippen LogP contribution is 2.17. The first-order valence-electron chi connectivity index (χ1n) is 5.50. The van der Waals surface area contributed by atoms with E-state index in [-0.39, 0.29) is 12.5 Å². The minimum atomic E-state index is -1.50. The number of carboxylic acid groups (broad SMARTS) is 1. The van der Waals surface area contributed by atoms with Crippen LogP contribution >= 0.6 is 0 Å². The van der Waals surface area contributed by atoms with E-state index in [2.05, 4.69) is 5.32 Å². The van der Waals surface area contributed by atoms with Crippen molar-refractivity contribution in [2.45, 2.75) is 45.8 Å². The molecule has 1 atom stereocenters. The van der Waals surface area contributed by atoms with E-state index in [0.29, 0.717) is 0 Å². The molecule has 6 nitrogen and oxygen atoms in total. The van der Waals surface area contributed by atoms with E-state index in [0.717, 1.165) is 0 Å². The molecule has 0 saturated carbocycles. The maximum Gasteiger partial charge on any atom is 0.408 e. The van der Waals surface area contributed by atoms with Crippen LogP contribution in [0.3, 0.4) is 0 Å². The van der Waals surface area contributed by atoms with Crippen molar-refractivity contribution in [2.75, 3.05) is 6.54 Å². The molecule has 1 amide bonds. The third kappa shape index (κ3) is 4.22. The zero-order chi connectivity index (χ0) is 13.9. The van der Waals surface area contributed by atoms with Gasteiger partial charge in [0.25, 0.3) is 0 Å². The highest BCUT2D eigenvalue weighted by molar-refractivity contribution is 5.85. The van der Waals surface area contributed by atoms with Gasteiger partial charge in [-0.25, -0.2) is 9.59 Å². The van der Waals surface area contributed by atoms with Gasteiger partial charge in [0.15, 0.2) is 5.54 Å². The Morgan fingerprint density at radius 1 is 1.35 bits per heavy atom. The second-order valence-electron chi connectivity index (χ2n) is 5.26. The molecule has 0 rings (SSSR count). The molecule has 0 aromatic carbocycles. The second kappa shape index (κ2) is 5.35. The number of hydrogen-bond acceptors (Lipinski definition) is 4. The van der Waals surface area contributed by atoms with Crippen molar-refractivity contribution in [1.82, 2.24) is 5.32 Å². The lowest BCUT2D eigenvalue weighted by Crippen LogP contribution is -2.63. The Balaban J connectivity index is 4.89. The Morgan fingerprint density at radius 2 is 1.82 bits per heavy atom. The minimum absolute atomic E-state index is 0.195. The van der Waals surface area contributed by atoms with Gasteiger partial charge in [0, 0.05) is 6.54 Å². The van der Waals surface area contributed by atoms with E-state index in [1.54, 1.807) is 34.6 Å². The van der Waals surface area contributed by atoms with E-state index in [9.17, 15) is 14.7 Å². The van der Waals surface area contributed by atoms with Gasteiger partial charge in [0.2, 0.25) is 0 Å². The fourth-order valence-electron chi connectivity index (χ4n) is 1.30. The highest BCUT2D eigenvalue weighted by atomic mass is 16.6. The SMILES string of the molecule is CC(C)[C@@](CN)(NC(=O)OC(C)(C)C)C(=O)O. The summed E-state index contributed by atoms with van der Waals surface area (Å²) in [5.74, 6) is -1.52. The maximum absolute atomic E-state index is 11.6. The van der Waals surface area contributed by atoms with Crippen LogP contribution in [0.25, 0.3) is 0 Å². The number of carbonyl (C=O) groups is 2. The summed E-state index contributed by atoms with van der Waals surface area (Å²) in [7, 11) is 0. The summed E-state index contributed by atoms with van der Waals surface area (Å²) in [6, 6.07) is 0. The number of hydrogen-bond donors (Lipinski definition) is 3. The number of ether oxygens (including phenoxy) is 1. The molecule has 0 radical (unpaired) electrons. The van der Waals surface area contributed by atoms with Crippen molar-refractivity contribution >= 4 is 12.1 Å². The molecule has 0 spiro atoms. The maximum atomic E-state index is 11.6. The second-order valence-corrected chi connectivity index (χ2v) is 5.26. The minimum Gasteiger partial charge on any atom is -0.479 e. The molecule has 0 saturated heterocycles. The van der Waals surface area contributed by atoms with Gasteiger partial charge in [0.1, 0.15) is 5.60 Å². The van der Waals surface area contributed by atoms with Crippen molar-refractivity contribution in [3.05, 3.63) is 0 Å². The molecule has 0 aliphatic carbocycles. The topological polar surface area (TPSA) is 102 Å². The van der Waals surface area contributed by atoms with E-state index < -0.39 is 23.2 Å². The van der Waals surface area contributed by atoms with Crippen molar-refractivity contribution in [3.8, 4) is 0 Å². The van der Waals surface area contributed by atoms with E-state index in [4.69, 9.17) is 10.5 Å². The fourth-order valence-corrected chi connectivity index (χ4v) is 1.30. The van der Waals surface area contributed by atoms with Crippen LogP contribution in [0.4, 0.5) is 4.79 Å². The number of amides is 1. The Bertz CT molecular complexity index is 296. The zero-order valence-corrected chi connectivity index (χ0v) is 11.0. The third-order valence-corrected chi connectivity index (χ3v) is 2.41. The van der Waals surface area contributed by atoms with Gasteiger partial charge in [0.05, 0.1) is 0 Å². The van der Waals surface area contributed by atoms with Crippen molar-refractivity contribution in [2.24, 2.45) is 11.7 Å². The summed E-state index contributed by atoms with van der Waals surface area (Å²) in [5, 5.41) is 11.5. The van der Waals surface area contributed by atoms with Crippen LogP contribution in [-0.4, -0.2) is 34.9 Å². The predicted octanol–water partition coefficient (Wildman–Crippen LogP) is 0.949. The zero-order valence-electron chi connectivity index (χ0n) is 11.0. The monoisotopic (exact) mass is 246 g/mol. The van der Waals surface area contributed by atoms with E-state index in [1.807, 2.05) is 0 Å². The molecule has 0 aliphatic heterocycles. The average Bonchev–Trinajstić information content (AvgIpc) is 2.09. The number of alkyl carbamates (subject to hydrolysis) is 1. The highest BCUT2D eigenvalue weighted by Gasteiger charge is 2.43. The van der Waals surface area contributed by atoms with Gasteiger partial charge in [-0.05, 0) is 26.7 Å². The van der Waals surface area contributed by atoms with Crippen molar-refractivity contribution in [3.63, 3.8) is 0 Å². The molecule has 0 aliphatic rings. The molecule has 4 N–H and O–H groups in total. The molecule has 0 aromatic rings. The summed E-state index contributed by atoms with van der Waals surface area (Å²) in [6.07, 6.45) is -0.779. The van der Waals surface area contributed by atoms with Gasteiger partial charge in [-0.2, -0.15) is 0 Å². The summed E-state index contributed by atoms with van der Waals surface area (Å²) in [5.41, 5.74) is 3.29. The normalized spacial score (nSPS) is 15.2. The summed E-state index contributed by atoms with van der Waals surface area (Å²) in [4.78, 5) is 22.8. The number of nitrogens with one attached hydrogen (secondary N) is 1. The summed E-state index contributed by atoms with van der Waals surface area (Å²) >= 11 is 0. The van der Waals surface area contributed by atoms with Gasteiger partial charge < -0.3 is 20.9 Å². The lowest BCUT2D eigenvalue weighted by atomic mass is 9.86. The predicted molar refractivity (Wildman–Crippen MR) is 63.6 cm³/mol. The smallest absolute Gasteiger partial charge is 0.408 e. The molecule has 0 bridgehead atoms. The van der Waals surface area contributed by atoms with Gasteiger partial charge in [-0.1, -0.05) is 13.8 Å². The van der Waals surface area contributed by atoms with Crippen LogP contribution in [0.5, 0.6) is 0 Å². The molecule has 100 valence electrons. The Labute approximate surface area is 102 Å². The number of carbonyl (C=O) groups excluding carboxylic acids is 1. The molecule has 17 heavy (non-hydrogen) atoms. The van der Waals surface area contributed by atoms with Crippen molar-refractivity contribution in [1.29, 1.82) is 0 Å². The van der Waals surface area contributed by atoms with E-state index >= 15 is 0 Å². The number of rotatable bonds is 4. The molecule has 6 heteroatoms. The Morgan fingerprint density at radius 3 is 2.06 bits per heavy atom. The lowest BCUT2D eigenvalue weighted by molar-refractivity contribution is -0.146. The molecular weight excluding hydrogens is 224 g/mol. The molecule has 0 fully saturated rings. The van der Waals surface area contributed by atoms with Gasteiger partial charge in [-0.15, -0.1) is 0 Å². The van der Waals surface area contributed by atoms with Crippen LogP contribution < -0.4 is 11.1 Å². The average molecular weight is 246 g/mol. The number of nitrogens with two attached hydrogens (primary N) is 1. The van der Waals surface area contributed by atoms with Gasteiger partial charge >= 0.3 is 12.1 Å². The first kappa shape index (κ1) is 15.7. The third-order valence-electron chi connectivity index (χ3n) is 2.41. The summed E-state index contributed by atoms with van der Waals surface area (Å²) < 4.78 is 5.03. The van der Waals surface area contributed by atoms with Crippen LogP contribution in [0.2, 0.25) is 0 Å². The van der Waals surface area contributed by atoms with Crippen LogP contribution in [0.15, 0.2) is 0 Å². The lowest BCUT2D eigenvalue weighted by Gasteiger charge is -2.33. The standard InChI is InChI=1S/C11H22N2O4/c1-7(2)11(6-12,8(14)15)13-9(16)17-10(3,4)5/h7H,6,12H2,1-5H3,(H,13,16)(H,14,15)/t11-/m1/s1. The first-order valence-corrected chi connectivity index (χ1v) is 5.50. The first-order chi connectivity index (χ1) is 7.55. The Hall–Kier alpha value is -1.30. The number of carboxylic acids is 1. The molecular formula is C11H22N2O4. The molecule has 0 unspecified atom stereocenters. The van der Waals surface area contributed by atoms with Gasteiger partial charge in [-0.3, -0.25) is 0 Å². The summed E-state index contributed by atoms with van der Waals surface area (Å²) in [6.45, 7) is 8.27. The fraction of sp³-hybridized carbons (Fsp3) is 0.818. The van der Waals surface area contributed by atoms with Crippen LogP contribution in [0.1, 0.15) is 34.6 Å². The molecule has 0 heterocycles. The Kier molecular flexibility index (Phi) is 4.94. The quantitative estimate of drug-likeness (QED) is 0.685.